The number of hydrogen-bond donors (Lipinski definition) is 4. The van der Waals surface area contributed by atoms with Gasteiger partial charge >= 0.3 is 5.97 Å². The molecule has 9 heteroatoms. The molecule has 2 saturated heterocycles. The molecule has 2 rings (SSSR count). The zero-order chi connectivity index (χ0) is 16.6. The maximum atomic E-state index is 12.0. The van der Waals surface area contributed by atoms with Gasteiger partial charge < -0.3 is 30.9 Å². The molecule has 9 nitrogen and oxygen atoms in total. The molecule has 0 aromatic rings. The summed E-state index contributed by atoms with van der Waals surface area (Å²) in [5.41, 5.74) is 5.73. The zero-order valence-electron chi connectivity index (χ0n) is 12.4. The van der Waals surface area contributed by atoms with Crippen LogP contribution in [0, 0.1) is 5.92 Å². The number of amides is 2. The summed E-state index contributed by atoms with van der Waals surface area (Å²) in [7, 11) is 0. The van der Waals surface area contributed by atoms with Crippen LogP contribution in [0.25, 0.3) is 0 Å². The van der Waals surface area contributed by atoms with Crippen molar-refractivity contribution in [3.8, 4) is 0 Å². The van der Waals surface area contributed by atoms with Crippen molar-refractivity contribution >= 4 is 17.8 Å². The quantitative estimate of drug-likeness (QED) is 0.410. The van der Waals surface area contributed by atoms with E-state index < -0.39 is 42.4 Å². The Hall–Kier alpha value is -1.71. The fourth-order valence-electron chi connectivity index (χ4n) is 2.49. The highest BCUT2D eigenvalue weighted by Crippen LogP contribution is 2.30. The molecule has 0 aromatic heterocycles. The molecule has 2 aliphatic heterocycles. The Kier molecular flexibility index (Phi) is 4.69. The van der Waals surface area contributed by atoms with Crippen molar-refractivity contribution in [2.75, 3.05) is 6.54 Å². The van der Waals surface area contributed by atoms with E-state index in [0.717, 1.165) is 0 Å². The molecule has 0 radical (unpaired) electrons. The van der Waals surface area contributed by atoms with Gasteiger partial charge in [0.15, 0.2) is 6.10 Å². The molecule has 2 aliphatic rings. The Morgan fingerprint density at radius 3 is 2.55 bits per heavy atom. The van der Waals surface area contributed by atoms with Crippen LogP contribution in [0.4, 0.5) is 0 Å². The number of nitrogens with zero attached hydrogens (tertiary/aromatic N) is 1. The summed E-state index contributed by atoms with van der Waals surface area (Å²) in [4.78, 5) is 35.9. The van der Waals surface area contributed by atoms with Gasteiger partial charge in [-0.2, -0.15) is 0 Å². The summed E-state index contributed by atoms with van der Waals surface area (Å²) in [5.74, 6) is -2.29. The monoisotopic (exact) mass is 315 g/mol. The molecule has 0 spiro atoms. The largest absolute Gasteiger partial charge is 0.479 e. The number of aliphatic hydroxyl groups excluding tert-OH is 1. The van der Waals surface area contributed by atoms with Crippen LogP contribution >= 0.6 is 0 Å². The SMILES string of the molecule is CC(C)[C@H](N)C(=O)NC(C1CN2C(=O)CC2O1)C(O)C(=O)O. The van der Waals surface area contributed by atoms with Gasteiger partial charge in [-0.1, -0.05) is 13.8 Å². The summed E-state index contributed by atoms with van der Waals surface area (Å²) in [6, 6.07) is -2.00. The normalized spacial score (nSPS) is 27.9. The van der Waals surface area contributed by atoms with Crippen LogP contribution in [-0.4, -0.2) is 70.0 Å². The van der Waals surface area contributed by atoms with Crippen molar-refractivity contribution in [2.24, 2.45) is 11.7 Å². The molecule has 5 N–H and O–H groups in total. The number of aliphatic hydroxyl groups is 1. The van der Waals surface area contributed by atoms with E-state index in [2.05, 4.69) is 5.32 Å². The number of aliphatic carboxylic acids is 1. The van der Waals surface area contributed by atoms with Crippen molar-refractivity contribution in [1.29, 1.82) is 0 Å². The number of β-lactam (4-membered cyclic amide) rings is 1. The van der Waals surface area contributed by atoms with Crippen molar-refractivity contribution in [1.82, 2.24) is 10.2 Å². The number of carboxylic acids is 1. The van der Waals surface area contributed by atoms with E-state index in [1.54, 1.807) is 13.8 Å². The third-order valence-electron chi connectivity index (χ3n) is 4.05. The summed E-state index contributed by atoms with van der Waals surface area (Å²) in [6.07, 6.45) is -2.81. The number of carbonyl (C=O) groups excluding carboxylic acids is 2. The highest BCUT2D eigenvalue weighted by atomic mass is 16.5. The molecule has 2 heterocycles. The summed E-state index contributed by atoms with van der Waals surface area (Å²) in [6.45, 7) is 3.64. The summed E-state index contributed by atoms with van der Waals surface area (Å²) < 4.78 is 5.53. The minimum absolute atomic E-state index is 0.0960. The molecule has 0 aromatic carbocycles. The average molecular weight is 315 g/mol. The van der Waals surface area contributed by atoms with Crippen molar-refractivity contribution in [3.05, 3.63) is 0 Å². The molecule has 22 heavy (non-hydrogen) atoms. The standard InChI is InChI=1S/C13H21N3O6/c1-5(2)9(14)12(19)15-10(11(18)13(20)21)6-4-16-7(17)3-8(16)22-6/h5-6,8-11,18H,3-4,14H2,1-2H3,(H,15,19)(H,20,21)/t6?,8?,9-,10?,11?/m0/s1. The summed E-state index contributed by atoms with van der Waals surface area (Å²) in [5, 5.41) is 21.3. The first-order valence-corrected chi connectivity index (χ1v) is 7.14. The maximum Gasteiger partial charge on any atom is 0.334 e. The fraction of sp³-hybridized carbons (Fsp3) is 0.769. The lowest BCUT2D eigenvalue weighted by Crippen LogP contribution is -2.58. The molecular formula is C13H21N3O6. The van der Waals surface area contributed by atoms with E-state index in [0.29, 0.717) is 0 Å². The number of ether oxygens (including phenoxy) is 1. The topological polar surface area (TPSA) is 142 Å². The predicted octanol–water partition coefficient (Wildman–Crippen LogP) is -2.14. The number of rotatable bonds is 6. The van der Waals surface area contributed by atoms with Crippen LogP contribution in [-0.2, 0) is 19.1 Å². The van der Waals surface area contributed by atoms with Crippen LogP contribution in [0.2, 0.25) is 0 Å². The van der Waals surface area contributed by atoms with Crippen LogP contribution in [0.5, 0.6) is 0 Å². The van der Waals surface area contributed by atoms with Crippen molar-refractivity contribution < 1.29 is 29.3 Å². The number of nitrogens with two attached hydrogens (primary N) is 1. The molecule has 0 bridgehead atoms. The van der Waals surface area contributed by atoms with Crippen LogP contribution < -0.4 is 11.1 Å². The summed E-state index contributed by atoms with van der Waals surface area (Å²) >= 11 is 0. The van der Waals surface area contributed by atoms with Gasteiger partial charge in [-0.25, -0.2) is 4.79 Å². The zero-order valence-corrected chi connectivity index (χ0v) is 12.4. The first kappa shape index (κ1) is 16.7. The predicted molar refractivity (Wildman–Crippen MR) is 73.4 cm³/mol. The van der Waals surface area contributed by atoms with Crippen LogP contribution in [0.3, 0.4) is 0 Å². The molecule has 2 fully saturated rings. The minimum Gasteiger partial charge on any atom is -0.479 e. The van der Waals surface area contributed by atoms with E-state index in [-0.39, 0.29) is 24.8 Å². The van der Waals surface area contributed by atoms with E-state index >= 15 is 0 Å². The average Bonchev–Trinajstić information content (AvgIpc) is 2.79. The number of carbonyl (C=O) groups is 3. The van der Waals surface area contributed by atoms with Gasteiger partial charge in [0.1, 0.15) is 12.3 Å². The second kappa shape index (κ2) is 6.19. The number of nitrogens with one attached hydrogen (secondary N) is 1. The van der Waals surface area contributed by atoms with Crippen LogP contribution in [0.1, 0.15) is 20.3 Å². The smallest absolute Gasteiger partial charge is 0.334 e. The highest BCUT2D eigenvalue weighted by Gasteiger charge is 2.50. The lowest BCUT2D eigenvalue weighted by atomic mass is 10.0. The van der Waals surface area contributed by atoms with E-state index in [9.17, 15) is 19.5 Å². The lowest BCUT2D eigenvalue weighted by molar-refractivity contribution is -0.160. The van der Waals surface area contributed by atoms with Crippen molar-refractivity contribution in [2.45, 2.75) is 50.8 Å². The molecule has 5 atom stereocenters. The maximum absolute atomic E-state index is 12.0. The third-order valence-corrected chi connectivity index (χ3v) is 4.05. The Labute approximate surface area is 127 Å². The minimum atomic E-state index is -1.85. The van der Waals surface area contributed by atoms with Gasteiger partial charge in [0.05, 0.1) is 25.0 Å². The van der Waals surface area contributed by atoms with Crippen molar-refractivity contribution in [3.63, 3.8) is 0 Å². The van der Waals surface area contributed by atoms with E-state index in [1.807, 2.05) is 0 Å². The first-order chi connectivity index (χ1) is 10.2. The number of hydrogen-bond acceptors (Lipinski definition) is 6. The molecule has 2 amide bonds. The van der Waals surface area contributed by atoms with Gasteiger partial charge in [-0.3, -0.25) is 9.59 Å². The van der Waals surface area contributed by atoms with Gasteiger partial charge in [-0.15, -0.1) is 0 Å². The van der Waals surface area contributed by atoms with E-state index in [1.165, 1.54) is 4.90 Å². The Balaban J connectivity index is 2.08. The second-order valence-electron chi connectivity index (χ2n) is 5.97. The van der Waals surface area contributed by atoms with E-state index in [4.69, 9.17) is 15.6 Å². The Morgan fingerprint density at radius 1 is 1.45 bits per heavy atom. The highest BCUT2D eigenvalue weighted by molar-refractivity contribution is 5.84. The first-order valence-electron chi connectivity index (χ1n) is 7.14. The number of carboxylic acid groups (broad SMARTS) is 1. The third kappa shape index (κ3) is 3.06. The number of fused-ring (bicyclic) bond motifs is 1. The Morgan fingerprint density at radius 2 is 2.09 bits per heavy atom. The van der Waals surface area contributed by atoms with Gasteiger partial charge in [0.2, 0.25) is 11.8 Å². The molecule has 0 saturated carbocycles. The van der Waals surface area contributed by atoms with Gasteiger partial charge in [0.25, 0.3) is 0 Å². The lowest BCUT2D eigenvalue weighted by Gasteiger charge is -2.31. The van der Waals surface area contributed by atoms with Crippen LogP contribution in [0.15, 0.2) is 0 Å². The van der Waals surface area contributed by atoms with Gasteiger partial charge in [-0.05, 0) is 5.92 Å². The fourth-order valence-corrected chi connectivity index (χ4v) is 2.49. The molecule has 0 aliphatic carbocycles. The second-order valence-corrected chi connectivity index (χ2v) is 5.97. The molecule has 4 unspecified atom stereocenters. The Bertz CT molecular complexity index is 482. The van der Waals surface area contributed by atoms with Gasteiger partial charge in [0, 0.05) is 0 Å². The molecular weight excluding hydrogens is 294 g/mol. The molecule has 124 valence electrons.